The number of piperidine rings is 1. The first-order valence-electron chi connectivity index (χ1n) is 5.12. The Balaban J connectivity index is 2.52. The molecular formula is C10H19NO2. The van der Waals surface area contributed by atoms with Crippen LogP contribution in [0.15, 0.2) is 0 Å². The number of hydrogen-bond acceptors (Lipinski definition) is 2. The van der Waals surface area contributed by atoms with Gasteiger partial charge in [0.05, 0.1) is 0 Å². The molecule has 76 valence electrons. The fourth-order valence-corrected chi connectivity index (χ4v) is 2.10. The van der Waals surface area contributed by atoms with Crippen molar-refractivity contribution < 1.29 is 9.90 Å². The van der Waals surface area contributed by atoms with Crippen LogP contribution in [0.2, 0.25) is 0 Å². The van der Waals surface area contributed by atoms with Crippen LogP contribution < -0.4 is 0 Å². The molecule has 0 aromatic carbocycles. The van der Waals surface area contributed by atoms with E-state index in [4.69, 9.17) is 5.11 Å². The number of aliphatic carboxylic acids is 1. The first kappa shape index (κ1) is 10.5. The topological polar surface area (TPSA) is 40.5 Å². The molecule has 1 heterocycles. The van der Waals surface area contributed by atoms with Gasteiger partial charge in [-0.25, -0.2) is 0 Å². The van der Waals surface area contributed by atoms with E-state index in [0.717, 1.165) is 19.5 Å². The van der Waals surface area contributed by atoms with Gasteiger partial charge < -0.3 is 5.11 Å². The minimum absolute atomic E-state index is 0.261. The molecule has 13 heavy (non-hydrogen) atoms. The zero-order valence-corrected chi connectivity index (χ0v) is 8.49. The molecular weight excluding hydrogens is 166 g/mol. The monoisotopic (exact) mass is 185 g/mol. The third kappa shape index (κ3) is 2.69. The lowest BCUT2D eigenvalue weighted by molar-refractivity contribution is -0.144. The SMILES string of the molecule is CC[C@H](C(=O)O)N1CCC[C@@H](C)C1. The Bertz CT molecular complexity index is 182. The fraction of sp³-hybridized carbons (Fsp3) is 0.900. The molecule has 0 aliphatic carbocycles. The van der Waals surface area contributed by atoms with E-state index >= 15 is 0 Å². The lowest BCUT2D eigenvalue weighted by Crippen LogP contribution is -2.45. The molecule has 0 bridgehead atoms. The Kier molecular flexibility index (Phi) is 3.72. The van der Waals surface area contributed by atoms with Crippen LogP contribution in [0.5, 0.6) is 0 Å². The minimum atomic E-state index is -0.670. The van der Waals surface area contributed by atoms with Crippen molar-refractivity contribution in [1.82, 2.24) is 4.90 Å². The second-order valence-corrected chi connectivity index (χ2v) is 4.00. The summed E-state index contributed by atoms with van der Waals surface area (Å²) in [6.45, 7) is 6.04. The van der Waals surface area contributed by atoms with Crippen molar-refractivity contribution in [2.24, 2.45) is 5.92 Å². The van der Waals surface area contributed by atoms with E-state index in [0.29, 0.717) is 12.3 Å². The fourth-order valence-electron chi connectivity index (χ4n) is 2.10. The quantitative estimate of drug-likeness (QED) is 0.725. The molecule has 3 nitrogen and oxygen atoms in total. The number of carbonyl (C=O) groups is 1. The van der Waals surface area contributed by atoms with Gasteiger partial charge in [-0.1, -0.05) is 13.8 Å². The van der Waals surface area contributed by atoms with E-state index in [1.807, 2.05) is 6.92 Å². The minimum Gasteiger partial charge on any atom is -0.480 e. The van der Waals surface area contributed by atoms with Crippen molar-refractivity contribution in [1.29, 1.82) is 0 Å². The number of likely N-dealkylation sites (tertiary alicyclic amines) is 1. The third-order valence-electron chi connectivity index (χ3n) is 2.80. The van der Waals surface area contributed by atoms with E-state index in [1.54, 1.807) is 0 Å². The summed E-state index contributed by atoms with van der Waals surface area (Å²) in [7, 11) is 0. The first-order valence-corrected chi connectivity index (χ1v) is 5.12. The molecule has 0 unspecified atom stereocenters. The van der Waals surface area contributed by atoms with Crippen LogP contribution in [-0.4, -0.2) is 35.1 Å². The number of carboxylic acid groups (broad SMARTS) is 1. The highest BCUT2D eigenvalue weighted by molar-refractivity contribution is 5.73. The van der Waals surface area contributed by atoms with Gasteiger partial charge in [-0.3, -0.25) is 9.69 Å². The number of nitrogens with zero attached hydrogens (tertiary/aromatic N) is 1. The van der Waals surface area contributed by atoms with Crippen molar-refractivity contribution in [3.63, 3.8) is 0 Å². The number of hydrogen-bond donors (Lipinski definition) is 1. The van der Waals surface area contributed by atoms with Crippen LogP contribution in [0.25, 0.3) is 0 Å². The van der Waals surface area contributed by atoms with Gasteiger partial charge >= 0.3 is 5.97 Å². The third-order valence-corrected chi connectivity index (χ3v) is 2.80. The summed E-state index contributed by atoms with van der Waals surface area (Å²) in [5.74, 6) is -0.0150. The number of carboxylic acids is 1. The molecule has 0 aromatic rings. The molecule has 1 aliphatic heterocycles. The second kappa shape index (κ2) is 4.61. The zero-order chi connectivity index (χ0) is 9.84. The van der Waals surface area contributed by atoms with Gasteiger partial charge in [-0.15, -0.1) is 0 Å². The summed E-state index contributed by atoms with van der Waals surface area (Å²) in [4.78, 5) is 13.0. The molecule has 0 radical (unpaired) electrons. The molecule has 0 amide bonds. The van der Waals surface area contributed by atoms with Gasteiger partial charge in [0.1, 0.15) is 6.04 Å². The van der Waals surface area contributed by atoms with Gasteiger partial charge in [0.2, 0.25) is 0 Å². The molecule has 1 aliphatic rings. The average Bonchev–Trinajstić information content (AvgIpc) is 2.04. The Labute approximate surface area is 79.7 Å². The van der Waals surface area contributed by atoms with Crippen molar-refractivity contribution in [3.8, 4) is 0 Å². The standard InChI is InChI=1S/C10H19NO2/c1-3-9(10(12)13)11-6-4-5-8(2)7-11/h8-9H,3-7H2,1-2H3,(H,12,13)/t8-,9-/m1/s1. The van der Waals surface area contributed by atoms with Crippen LogP contribution in [0.3, 0.4) is 0 Å². The highest BCUT2D eigenvalue weighted by atomic mass is 16.4. The normalized spacial score (nSPS) is 27.1. The molecule has 2 atom stereocenters. The molecule has 1 rings (SSSR count). The van der Waals surface area contributed by atoms with E-state index in [-0.39, 0.29) is 6.04 Å². The van der Waals surface area contributed by atoms with Crippen LogP contribution in [-0.2, 0) is 4.79 Å². The maximum absolute atomic E-state index is 10.9. The molecule has 1 saturated heterocycles. The van der Waals surface area contributed by atoms with Crippen molar-refractivity contribution in [2.75, 3.05) is 13.1 Å². The van der Waals surface area contributed by atoms with Crippen LogP contribution in [0.1, 0.15) is 33.1 Å². The maximum Gasteiger partial charge on any atom is 0.320 e. The van der Waals surface area contributed by atoms with Gasteiger partial charge in [0, 0.05) is 6.54 Å². The number of rotatable bonds is 3. The van der Waals surface area contributed by atoms with Crippen molar-refractivity contribution >= 4 is 5.97 Å². The Hall–Kier alpha value is -0.570. The van der Waals surface area contributed by atoms with E-state index in [2.05, 4.69) is 11.8 Å². The summed E-state index contributed by atoms with van der Waals surface area (Å²) in [6, 6.07) is -0.261. The van der Waals surface area contributed by atoms with Crippen LogP contribution in [0.4, 0.5) is 0 Å². The average molecular weight is 185 g/mol. The molecule has 1 N–H and O–H groups in total. The van der Waals surface area contributed by atoms with Gasteiger partial charge in [-0.05, 0) is 31.7 Å². The summed E-state index contributed by atoms with van der Waals surface area (Å²) in [5, 5.41) is 8.97. The molecule has 1 fully saturated rings. The van der Waals surface area contributed by atoms with Crippen molar-refractivity contribution in [2.45, 2.75) is 39.2 Å². The van der Waals surface area contributed by atoms with Crippen LogP contribution >= 0.6 is 0 Å². The summed E-state index contributed by atoms with van der Waals surface area (Å²) in [6.07, 6.45) is 3.10. The largest absolute Gasteiger partial charge is 0.480 e. The lowest BCUT2D eigenvalue weighted by Gasteiger charge is -2.34. The second-order valence-electron chi connectivity index (χ2n) is 4.00. The molecule has 0 saturated carbocycles. The van der Waals surface area contributed by atoms with Crippen LogP contribution in [0, 0.1) is 5.92 Å². The summed E-state index contributed by atoms with van der Waals surface area (Å²) in [5.41, 5.74) is 0. The zero-order valence-electron chi connectivity index (χ0n) is 8.49. The maximum atomic E-state index is 10.9. The predicted molar refractivity (Wildman–Crippen MR) is 51.7 cm³/mol. The summed E-state index contributed by atoms with van der Waals surface area (Å²) >= 11 is 0. The predicted octanol–water partition coefficient (Wildman–Crippen LogP) is 1.58. The van der Waals surface area contributed by atoms with Gasteiger partial charge in [-0.2, -0.15) is 0 Å². The highest BCUT2D eigenvalue weighted by Crippen LogP contribution is 2.18. The van der Waals surface area contributed by atoms with E-state index < -0.39 is 5.97 Å². The van der Waals surface area contributed by atoms with Crippen molar-refractivity contribution in [3.05, 3.63) is 0 Å². The molecule has 0 spiro atoms. The van der Waals surface area contributed by atoms with Gasteiger partial charge in [0.25, 0.3) is 0 Å². The molecule has 0 aromatic heterocycles. The lowest BCUT2D eigenvalue weighted by atomic mass is 9.98. The van der Waals surface area contributed by atoms with Gasteiger partial charge in [0.15, 0.2) is 0 Å². The van der Waals surface area contributed by atoms with E-state index in [9.17, 15) is 4.79 Å². The first-order chi connectivity index (χ1) is 6.15. The summed E-state index contributed by atoms with van der Waals surface area (Å²) < 4.78 is 0. The smallest absolute Gasteiger partial charge is 0.320 e. The Morgan fingerprint density at radius 1 is 1.69 bits per heavy atom. The highest BCUT2D eigenvalue weighted by Gasteiger charge is 2.27. The Morgan fingerprint density at radius 3 is 2.85 bits per heavy atom. The van der Waals surface area contributed by atoms with E-state index in [1.165, 1.54) is 6.42 Å². The Morgan fingerprint density at radius 2 is 2.38 bits per heavy atom. The molecule has 3 heteroatoms.